The van der Waals surface area contributed by atoms with Crippen LogP contribution in [0.25, 0.3) is 11.3 Å². The van der Waals surface area contributed by atoms with E-state index in [1.54, 1.807) is 6.07 Å². The number of ether oxygens (including phenoxy) is 1. The third-order valence-electron chi connectivity index (χ3n) is 2.40. The molecule has 0 aliphatic rings. The molecule has 0 amide bonds. The summed E-state index contributed by atoms with van der Waals surface area (Å²) >= 11 is 4.86. The number of methoxy groups -OCH3 is 1. The van der Waals surface area contributed by atoms with Crippen molar-refractivity contribution in [2.45, 2.75) is 6.92 Å². The van der Waals surface area contributed by atoms with Gasteiger partial charge in [0, 0.05) is 10.9 Å². The Kier molecular flexibility index (Phi) is 3.59. The lowest BCUT2D eigenvalue weighted by Gasteiger charge is -2.05. The highest BCUT2D eigenvalue weighted by molar-refractivity contribution is 9.11. The van der Waals surface area contributed by atoms with Crippen LogP contribution in [-0.4, -0.2) is 18.1 Å². The molecular weight excluding hydrogens is 302 g/mol. The maximum atomic E-state index is 11.4. The van der Waals surface area contributed by atoms with E-state index < -0.39 is 0 Å². The monoisotopic (exact) mass is 311 g/mol. The van der Waals surface area contributed by atoms with Crippen molar-refractivity contribution < 1.29 is 9.53 Å². The van der Waals surface area contributed by atoms with E-state index in [1.165, 1.54) is 18.4 Å². The van der Waals surface area contributed by atoms with Gasteiger partial charge >= 0.3 is 5.97 Å². The lowest BCUT2D eigenvalue weighted by molar-refractivity contribution is 0.0600. The summed E-state index contributed by atoms with van der Waals surface area (Å²) in [6, 6.07) is 5.58. The number of aryl methyl sites for hydroxylation is 1. The number of aromatic nitrogens is 1. The molecule has 2 aromatic rings. The fourth-order valence-electron chi connectivity index (χ4n) is 1.55. The second-order valence-electron chi connectivity index (χ2n) is 3.51. The molecule has 0 radical (unpaired) electrons. The van der Waals surface area contributed by atoms with Gasteiger partial charge in [0.05, 0.1) is 18.4 Å². The van der Waals surface area contributed by atoms with Crippen molar-refractivity contribution in [2.75, 3.05) is 7.11 Å². The Morgan fingerprint density at radius 3 is 2.76 bits per heavy atom. The van der Waals surface area contributed by atoms with E-state index in [1.807, 2.05) is 24.4 Å². The Hall–Kier alpha value is -1.20. The molecule has 0 saturated heterocycles. The molecule has 0 aliphatic heterocycles. The van der Waals surface area contributed by atoms with Crippen LogP contribution in [0.2, 0.25) is 0 Å². The molecule has 88 valence electrons. The Morgan fingerprint density at radius 2 is 2.24 bits per heavy atom. The molecule has 1 heterocycles. The van der Waals surface area contributed by atoms with Gasteiger partial charge in [0.25, 0.3) is 0 Å². The normalized spacial score (nSPS) is 10.3. The average Bonchev–Trinajstić information content (AvgIpc) is 2.75. The average molecular weight is 312 g/mol. The lowest BCUT2D eigenvalue weighted by Crippen LogP contribution is -2.03. The topological polar surface area (TPSA) is 39.2 Å². The molecule has 0 N–H and O–H groups in total. The highest BCUT2D eigenvalue weighted by Crippen LogP contribution is 2.26. The van der Waals surface area contributed by atoms with Crippen LogP contribution in [0, 0.1) is 6.92 Å². The van der Waals surface area contributed by atoms with E-state index in [0.717, 1.165) is 20.7 Å². The van der Waals surface area contributed by atoms with E-state index in [-0.39, 0.29) is 5.97 Å². The lowest BCUT2D eigenvalue weighted by atomic mass is 10.0. The fourth-order valence-corrected chi connectivity index (χ4v) is 2.57. The van der Waals surface area contributed by atoms with Crippen molar-refractivity contribution in [3.8, 4) is 11.3 Å². The van der Waals surface area contributed by atoms with E-state index in [9.17, 15) is 4.79 Å². The van der Waals surface area contributed by atoms with Gasteiger partial charge in [-0.2, -0.15) is 0 Å². The van der Waals surface area contributed by atoms with Crippen LogP contribution in [0.15, 0.2) is 27.5 Å². The van der Waals surface area contributed by atoms with Crippen molar-refractivity contribution in [1.82, 2.24) is 4.98 Å². The zero-order valence-electron chi connectivity index (χ0n) is 9.36. The van der Waals surface area contributed by atoms with E-state index in [4.69, 9.17) is 4.74 Å². The van der Waals surface area contributed by atoms with Gasteiger partial charge in [0.15, 0.2) is 3.92 Å². The maximum absolute atomic E-state index is 11.4. The maximum Gasteiger partial charge on any atom is 0.338 e. The summed E-state index contributed by atoms with van der Waals surface area (Å²) in [5.41, 5.74) is 3.38. The molecule has 0 atom stereocenters. The summed E-state index contributed by atoms with van der Waals surface area (Å²) in [7, 11) is 1.38. The molecule has 17 heavy (non-hydrogen) atoms. The number of benzene rings is 1. The number of rotatable bonds is 2. The van der Waals surface area contributed by atoms with Crippen molar-refractivity contribution in [1.29, 1.82) is 0 Å². The van der Waals surface area contributed by atoms with Crippen molar-refractivity contribution in [3.05, 3.63) is 38.6 Å². The number of halogens is 1. The minimum Gasteiger partial charge on any atom is -0.465 e. The van der Waals surface area contributed by atoms with Crippen LogP contribution in [0.5, 0.6) is 0 Å². The zero-order chi connectivity index (χ0) is 12.4. The molecular formula is C12H10BrNO2S. The number of hydrogen-bond donors (Lipinski definition) is 0. The second-order valence-corrected chi connectivity index (χ2v) is 5.64. The van der Waals surface area contributed by atoms with E-state index >= 15 is 0 Å². The third kappa shape index (κ3) is 2.56. The summed E-state index contributed by atoms with van der Waals surface area (Å²) in [5, 5.41) is 1.97. The van der Waals surface area contributed by atoms with Crippen LogP contribution in [0.4, 0.5) is 0 Å². The van der Waals surface area contributed by atoms with Crippen LogP contribution < -0.4 is 0 Å². The summed E-state index contributed by atoms with van der Waals surface area (Å²) in [4.78, 5) is 15.8. The first-order valence-electron chi connectivity index (χ1n) is 4.92. The Bertz CT molecular complexity index is 565. The molecule has 0 aliphatic carbocycles. The molecule has 1 aromatic heterocycles. The van der Waals surface area contributed by atoms with Gasteiger partial charge in [-0.25, -0.2) is 9.78 Å². The highest BCUT2D eigenvalue weighted by Gasteiger charge is 2.11. The van der Waals surface area contributed by atoms with E-state index in [2.05, 4.69) is 20.9 Å². The molecule has 0 fully saturated rings. The minimum absolute atomic E-state index is 0.312. The van der Waals surface area contributed by atoms with Crippen molar-refractivity contribution in [3.63, 3.8) is 0 Å². The fraction of sp³-hybridized carbons (Fsp3) is 0.167. The summed E-state index contributed by atoms with van der Waals surface area (Å²) in [6.07, 6.45) is 0. The van der Waals surface area contributed by atoms with Gasteiger partial charge < -0.3 is 4.74 Å². The third-order valence-corrected chi connectivity index (χ3v) is 3.77. The summed E-state index contributed by atoms with van der Waals surface area (Å²) < 4.78 is 5.56. The number of esters is 1. The molecule has 2 rings (SSSR count). The Labute approximate surface area is 112 Å². The van der Waals surface area contributed by atoms with Gasteiger partial charge in [0.1, 0.15) is 0 Å². The SMILES string of the molecule is COC(=O)c1ccc(-c2csc(Br)n2)cc1C. The molecule has 0 bridgehead atoms. The van der Waals surface area contributed by atoms with Gasteiger partial charge in [-0.1, -0.05) is 6.07 Å². The molecule has 0 unspecified atom stereocenters. The minimum atomic E-state index is -0.312. The van der Waals surface area contributed by atoms with Crippen molar-refractivity contribution >= 4 is 33.2 Å². The van der Waals surface area contributed by atoms with Crippen LogP contribution >= 0.6 is 27.3 Å². The first-order chi connectivity index (χ1) is 8.11. The summed E-state index contributed by atoms with van der Waals surface area (Å²) in [6.45, 7) is 1.89. The first-order valence-corrected chi connectivity index (χ1v) is 6.59. The quantitative estimate of drug-likeness (QED) is 0.794. The Balaban J connectivity index is 2.40. The number of carbonyl (C=O) groups is 1. The van der Waals surface area contributed by atoms with Crippen molar-refractivity contribution in [2.24, 2.45) is 0 Å². The van der Waals surface area contributed by atoms with Gasteiger partial charge in [-0.3, -0.25) is 0 Å². The largest absolute Gasteiger partial charge is 0.465 e. The summed E-state index contributed by atoms with van der Waals surface area (Å²) in [5.74, 6) is -0.312. The Morgan fingerprint density at radius 1 is 1.47 bits per heavy atom. The highest BCUT2D eigenvalue weighted by atomic mass is 79.9. The molecule has 5 heteroatoms. The van der Waals surface area contributed by atoms with Gasteiger partial charge in [-0.15, -0.1) is 11.3 Å². The zero-order valence-corrected chi connectivity index (χ0v) is 11.8. The molecule has 0 saturated carbocycles. The number of thiazole rings is 1. The molecule has 0 spiro atoms. The first kappa shape index (κ1) is 12.3. The number of carbonyl (C=O) groups excluding carboxylic acids is 1. The number of nitrogens with zero attached hydrogens (tertiary/aromatic N) is 1. The second kappa shape index (κ2) is 4.98. The number of hydrogen-bond acceptors (Lipinski definition) is 4. The van der Waals surface area contributed by atoms with Crippen LogP contribution in [-0.2, 0) is 4.74 Å². The van der Waals surface area contributed by atoms with Gasteiger partial charge in [0.2, 0.25) is 0 Å². The van der Waals surface area contributed by atoms with Gasteiger partial charge in [-0.05, 0) is 40.5 Å². The van der Waals surface area contributed by atoms with E-state index in [0.29, 0.717) is 5.56 Å². The predicted octanol–water partition coefficient (Wildman–Crippen LogP) is 3.67. The smallest absolute Gasteiger partial charge is 0.338 e. The predicted molar refractivity (Wildman–Crippen MR) is 71.3 cm³/mol. The molecule has 1 aromatic carbocycles. The van der Waals surface area contributed by atoms with Crippen LogP contribution in [0.1, 0.15) is 15.9 Å². The van der Waals surface area contributed by atoms with Crippen LogP contribution in [0.3, 0.4) is 0 Å². The standard InChI is InChI=1S/C12H10BrNO2S/c1-7-5-8(10-6-17-12(13)14-10)3-4-9(7)11(15)16-2/h3-6H,1-2H3. The molecule has 3 nitrogen and oxygen atoms in total.